The molecule has 114 valence electrons. The molecule has 0 aliphatic rings. The van der Waals surface area contributed by atoms with Gasteiger partial charge in [-0.3, -0.25) is 0 Å². The molecule has 1 rings (SSSR count). The molecule has 3 nitrogen and oxygen atoms in total. The zero-order valence-corrected chi connectivity index (χ0v) is 13.5. The minimum absolute atomic E-state index is 0.0634. The Kier molecular flexibility index (Phi) is 7.82. The van der Waals surface area contributed by atoms with Crippen molar-refractivity contribution in [2.75, 3.05) is 19.8 Å². The quantitative estimate of drug-likeness (QED) is 0.751. The van der Waals surface area contributed by atoms with Crippen molar-refractivity contribution in [2.45, 2.75) is 52.9 Å². The van der Waals surface area contributed by atoms with E-state index in [1.54, 1.807) is 0 Å². The van der Waals surface area contributed by atoms with E-state index >= 15 is 0 Å². The second kappa shape index (κ2) is 9.11. The standard InChI is InChI=1S/C17H29NO2/c1-6-19-12-15(5)20-17(11-18-13(2)3)16-9-7-14(4)8-10-16/h7-10,13,15,17-18H,6,11-12H2,1-5H3. The average molecular weight is 279 g/mol. The van der Waals surface area contributed by atoms with Gasteiger partial charge in [0.1, 0.15) is 0 Å². The molecule has 0 bridgehead atoms. The summed E-state index contributed by atoms with van der Waals surface area (Å²) < 4.78 is 11.6. The summed E-state index contributed by atoms with van der Waals surface area (Å²) in [5.41, 5.74) is 2.48. The van der Waals surface area contributed by atoms with E-state index in [0.29, 0.717) is 12.6 Å². The number of hydrogen-bond acceptors (Lipinski definition) is 3. The van der Waals surface area contributed by atoms with Crippen LogP contribution in [0.4, 0.5) is 0 Å². The Morgan fingerprint density at radius 2 is 1.75 bits per heavy atom. The highest BCUT2D eigenvalue weighted by Crippen LogP contribution is 2.19. The van der Waals surface area contributed by atoms with Gasteiger partial charge in [-0.15, -0.1) is 0 Å². The molecule has 1 aromatic rings. The van der Waals surface area contributed by atoms with Gasteiger partial charge in [0.2, 0.25) is 0 Å². The summed E-state index contributed by atoms with van der Waals surface area (Å²) in [4.78, 5) is 0. The third-order valence-corrected chi connectivity index (χ3v) is 3.11. The van der Waals surface area contributed by atoms with Gasteiger partial charge in [-0.2, -0.15) is 0 Å². The van der Waals surface area contributed by atoms with Crippen LogP contribution in [0.1, 0.15) is 44.9 Å². The third kappa shape index (κ3) is 6.51. The number of ether oxygens (including phenoxy) is 2. The Bertz CT molecular complexity index is 362. The first-order valence-electron chi connectivity index (χ1n) is 7.56. The second-order valence-electron chi connectivity index (χ2n) is 5.57. The molecule has 0 aromatic heterocycles. The Balaban J connectivity index is 2.66. The lowest BCUT2D eigenvalue weighted by atomic mass is 10.1. The van der Waals surface area contributed by atoms with E-state index in [9.17, 15) is 0 Å². The molecule has 0 radical (unpaired) electrons. The van der Waals surface area contributed by atoms with Gasteiger partial charge in [-0.1, -0.05) is 43.7 Å². The Labute approximate surface area is 123 Å². The zero-order valence-electron chi connectivity index (χ0n) is 13.5. The van der Waals surface area contributed by atoms with Crippen LogP contribution in [-0.2, 0) is 9.47 Å². The summed E-state index contributed by atoms with van der Waals surface area (Å²) in [6, 6.07) is 9.02. The van der Waals surface area contributed by atoms with Gasteiger partial charge in [-0.25, -0.2) is 0 Å². The molecule has 1 aromatic carbocycles. The van der Waals surface area contributed by atoms with Crippen LogP contribution in [0.3, 0.4) is 0 Å². The van der Waals surface area contributed by atoms with E-state index < -0.39 is 0 Å². The number of aryl methyl sites for hydroxylation is 1. The summed E-state index contributed by atoms with van der Waals surface area (Å²) in [5.74, 6) is 0. The molecular formula is C17H29NO2. The molecule has 1 N–H and O–H groups in total. The van der Waals surface area contributed by atoms with Crippen molar-refractivity contribution >= 4 is 0 Å². The highest BCUT2D eigenvalue weighted by molar-refractivity contribution is 5.23. The average Bonchev–Trinajstić information content (AvgIpc) is 2.42. The Morgan fingerprint density at radius 1 is 1.10 bits per heavy atom. The van der Waals surface area contributed by atoms with E-state index in [1.165, 1.54) is 11.1 Å². The van der Waals surface area contributed by atoms with Crippen molar-refractivity contribution in [2.24, 2.45) is 0 Å². The number of benzene rings is 1. The maximum atomic E-state index is 6.14. The monoisotopic (exact) mass is 279 g/mol. The summed E-state index contributed by atoms with van der Waals surface area (Å²) in [6.07, 6.45) is 0.156. The molecule has 3 heteroatoms. The van der Waals surface area contributed by atoms with E-state index in [0.717, 1.165) is 13.2 Å². The van der Waals surface area contributed by atoms with Crippen LogP contribution in [0.5, 0.6) is 0 Å². The van der Waals surface area contributed by atoms with Crippen LogP contribution in [0.2, 0.25) is 0 Å². The lowest BCUT2D eigenvalue weighted by Gasteiger charge is -2.24. The van der Waals surface area contributed by atoms with Gasteiger partial charge in [0.15, 0.2) is 0 Å². The molecular weight excluding hydrogens is 250 g/mol. The SMILES string of the molecule is CCOCC(C)OC(CNC(C)C)c1ccc(C)cc1. The number of nitrogens with one attached hydrogen (secondary N) is 1. The summed E-state index contributed by atoms with van der Waals surface area (Å²) >= 11 is 0. The first-order chi connectivity index (χ1) is 9.52. The van der Waals surface area contributed by atoms with E-state index in [2.05, 4.69) is 57.3 Å². The first-order valence-corrected chi connectivity index (χ1v) is 7.56. The van der Waals surface area contributed by atoms with Crippen molar-refractivity contribution in [1.29, 1.82) is 0 Å². The maximum absolute atomic E-state index is 6.14. The molecule has 0 heterocycles. The normalized spacial score (nSPS) is 14.5. The van der Waals surface area contributed by atoms with Crippen molar-refractivity contribution in [3.05, 3.63) is 35.4 Å². The van der Waals surface area contributed by atoms with Crippen LogP contribution in [-0.4, -0.2) is 31.9 Å². The largest absolute Gasteiger partial charge is 0.379 e. The van der Waals surface area contributed by atoms with Crippen molar-refractivity contribution in [1.82, 2.24) is 5.32 Å². The summed E-state index contributed by atoms with van der Waals surface area (Å²) in [6.45, 7) is 12.6. The molecule has 2 atom stereocenters. The molecule has 0 saturated carbocycles. The van der Waals surface area contributed by atoms with E-state index in [-0.39, 0.29) is 12.2 Å². The van der Waals surface area contributed by atoms with Crippen LogP contribution in [0, 0.1) is 6.92 Å². The lowest BCUT2D eigenvalue weighted by Crippen LogP contribution is -2.31. The number of hydrogen-bond donors (Lipinski definition) is 1. The zero-order chi connectivity index (χ0) is 15.0. The minimum Gasteiger partial charge on any atom is -0.379 e. The molecule has 2 unspecified atom stereocenters. The number of rotatable bonds is 9. The van der Waals surface area contributed by atoms with Crippen molar-refractivity contribution in [3.63, 3.8) is 0 Å². The van der Waals surface area contributed by atoms with Crippen molar-refractivity contribution < 1.29 is 9.47 Å². The molecule has 0 spiro atoms. The first kappa shape index (κ1) is 17.2. The van der Waals surface area contributed by atoms with Gasteiger partial charge < -0.3 is 14.8 Å². The molecule has 0 amide bonds. The van der Waals surface area contributed by atoms with Gasteiger partial charge in [0.05, 0.1) is 18.8 Å². The highest BCUT2D eigenvalue weighted by atomic mass is 16.5. The van der Waals surface area contributed by atoms with Gasteiger partial charge in [0.25, 0.3) is 0 Å². The summed E-state index contributed by atoms with van der Waals surface area (Å²) in [5, 5.41) is 3.45. The Morgan fingerprint density at radius 3 is 2.30 bits per heavy atom. The molecule has 0 aliphatic heterocycles. The van der Waals surface area contributed by atoms with Gasteiger partial charge in [0, 0.05) is 19.2 Å². The second-order valence-corrected chi connectivity index (χ2v) is 5.57. The predicted molar refractivity (Wildman–Crippen MR) is 84.1 cm³/mol. The van der Waals surface area contributed by atoms with Crippen LogP contribution >= 0.6 is 0 Å². The highest BCUT2D eigenvalue weighted by Gasteiger charge is 2.16. The van der Waals surface area contributed by atoms with E-state index in [4.69, 9.17) is 9.47 Å². The lowest BCUT2D eigenvalue weighted by molar-refractivity contribution is -0.0475. The fraction of sp³-hybridized carbons (Fsp3) is 0.647. The summed E-state index contributed by atoms with van der Waals surface area (Å²) in [7, 11) is 0. The molecule has 20 heavy (non-hydrogen) atoms. The third-order valence-electron chi connectivity index (χ3n) is 3.11. The predicted octanol–water partition coefficient (Wildman–Crippen LogP) is 3.48. The molecule has 0 aliphatic carbocycles. The Hall–Kier alpha value is -0.900. The fourth-order valence-corrected chi connectivity index (χ4v) is 1.97. The smallest absolute Gasteiger partial charge is 0.0954 e. The van der Waals surface area contributed by atoms with Crippen LogP contribution in [0.25, 0.3) is 0 Å². The van der Waals surface area contributed by atoms with Gasteiger partial charge >= 0.3 is 0 Å². The van der Waals surface area contributed by atoms with Crippen molar-refractivity contribution in [3.8, 4) is 0 Å². The van der Waals surface area contributed by atoms with Crippen LogP contribution in [0.15, 0.2) is 24.3 Å². The minimum atomic E-state index is 0.0634. The molecule has 0 fully saturated rings. The van der Waals surface area contributed by atoms with E-state index in [1.807, 2.05) is 6.92 Å². The molecule has 0 saturated heterocycles. The maximum Gasteiger partial charge on any atom is 0.0954 e. The fourth-order valence-electron chi connectivity index (χ4n) is 1.97. The topological polar surface area (TPSA) is 30.5 Å². The van der Waals surface area contributed by atoms with Gasteiger partial charge in [-0.05, 0) is 26.3 Å². The van der Waals surface area contributed by atoms with Crippen LogP contribution < -0.4 is 5.32 Å².